The molecule has 1 heterocycles. The molecule has 72 valence electrons. The zero-order chi connectivity index (χ0) is 10.1. The number of rotatable bonds is 1. The van der Waals surface area contributed by atoms with Crippen LogP contribution in [0.2, 0.25) is 0 Å². The molecule has 2 rings (SSSR count). The van der Waals surface area contributed by atoms with Crippen LogP contribution in [0.25, 0.3) is 0 Å². The molecular weight excluding hydrogens is 178 g/mol. The monoisotopic (exact) mass is 189 g/mol. The first kappa shape index (κ1) is 8.94. The lowest BCUT2D eigenvalue weighted by Crippen LogP contribution is -2.25. The van der Waals surface area contributed by atoms with Gasteiger partial charge >= 0.3 is 0 Å². The van der Waals surface area contributed by atoms with Crippen LogP contribution in [0.1, 0.15) is 6.92 Å². The highest BCUT2D eigenvalue weighted by Gasteiger charge is 2.25. The fourth-order valence-corrected chi connectivity index (χ4v) is 1.57. The summed E-state index contributed by atoms with van der Waals surface area (Å²) in [6, 6.07) is 0. The van der Waals surface area contributed by atoms with Crippen LogP contribution in [-0.2, 0) is 9.53 Å². The van der Waals surface area contributed by atoms with Gasteiger partial charge in [0.25, 0.3) is 0 Å². The van der Waals surface area contributed by atoms with Crippen molar-refractivity contribution >= 4 is 11.5 Å². The van der Waals surface area contributed by atoms with Gasteiger partial charge < -0.3 is 4.74 Å². The SMILES string of the molecule is COC1=CC2=NC(C)=CC(=O)C2C=C1. The van der Waals surface area contributed by atoms with Crippen molar-refractivity contribution in [2.24, 2.45) is 10.9 Å². The largest absolute Gasteiger partial charge is 0.497 e. The number of nitrogens with zero attached hydrogens (tertiary/aromatic N) is 1. The molecule has 0 N–H and O–H groups in total. The molecule has 2 aliphatic rings. The maximum absolute atomic E-state index is 11.6. The Kier molecular flexibility index (Phi) is 2.08. The summed E-state index contributed by atoms with van der Waals surface area (Å²) in [5.41, 5.74) is 1.53. The molecule has 0 bridgehead atoms. The predicted octanol–water partition coefficient (Wildman–Crippen LogP) is 1.63. The summed E-state index contributed by atoms with van der Waals surface area (Å²) < 4.78 is 5.07. The molecule has 0 radical (unpaired) electrons. The number of hydrogen-bond donors (Lipinski definition) is 0. The normalized spacial score (nSPS) is 24.9. The molecule has 0 amide bonds. The molecule has 0 fully saturated rings. The number of ketones is 1. The van der Waals surface area contributed by atoms with Gasteiger partial charge in [0.15, 0.2) is 5.78 Å². The first-order valence-electron chi connectivity index (χ1n) is 4.45. The smallest absolute Gasteiger partial charge is 0.170 e. The number of aliphatic imine (C=N–C) groups is 1. The summed E-state index contributed by atoms with van der Waals surface area (Å²) in [5, 5.41) is 0. The Morgan fingerprint density at radius 3 is 2.93 bits per heavy atom. The van der Waals surface area contributed by atoms with Crippen LogP contribution >= 0.6 is 0 Å². The van der Waals surface area contributed by atoms with Crippen LogP contribution in [0.5, 0.6) is 0 Å². The third-order valence-electron chi connectivity index (χ3n) is 2.26. The fraction of sp³-hybridized carbons (Fsp3) is 0.273. The van der Waals surface area contributed by atoms with Crippen molar-refractivity contribution < 1.29 is 9.53 Å². The van der Waals surface area contributed by atoms with E-state index in [1.807, 2.05) is 13.0 Å². The van der Waals surface area contributed by atoms with Gasteiger partial charge in [-0.2, -0.15) is 0 Å². The Morgan fingerprint density at radius 2 is 2.21 bits per heavy atom. The standard InChI is InChI=1S/C11H11NO2/c1-7-5-11(13)9-4-3-8(14-2)6-10(9)12-7/h3-6,9H,1-2H3. The summed E-state index contributed by atoms with van der Waals surface area (Å²) >= 11 is 0. The van der Waals surface area contributed by atoms with E-state index in [9.17, 15) is 4.79 Å². The number of ether oxygens (including phenoxy) is 1. The summed E-state index contributed by atoms with van der Waals surface area (Å²) in [6.45, 7) is 1.82. The van der Waals surface area contributed by atoms with Crippen molar-refractivity contribution in [1.29, 1.82) is 0 Å². The molecule has 0 aromatic carbocycles. The van der Waals surface area contributed by atoms with E-state index in [0.29, 0.717) is 0 Å². The molecule has 0 aromatic heterocycles. The first-order chi connectivity index (χ1) is 6.70. The van der Waals surface area contributed by atoms with Crippen molar-refractivity contribution in [3.8, 4) is 0 Å². The summed E-state index contributed by atoms with van der Waals surface area (Å²) in [6.07, 6.45) is 7.00. The van der Waals surface area contributed by atoms with E-state index in [1.54, 1.807) is 25.3 Å². The predicted molar refractivity (Wildman–Crippen MR) is 53.9 cm³/mol. The van der Waals surface area contributed by atoms with Gasteiger partial charge in [0.05, 0.1) is 18.7 Å². The number of hydrogen-bond acceptors (Lipinski definition) is 3. The second-order valence-electron chi connectivity index (χ2n) is 3.31. The maximum atomic E-state index is 11.6. The van der Waals surface area contributed by atoms with E-state index in [-0.39, 0.29) is 11.7 Å². The molecule has 3 nitrogen and oxygen atoms in total. The number of methoxy groups -OCH3 is 1. The quantitative estimate of drug-likeness (QED) is 0.628. The van der Waals surface area contributed by atoms with Gasteiger partial charge in [-0.3, -0.25) is 9.79 Å². The Balaban J connectivity index is 2.40. The first-order valence-corrected chi connectivity index (χ1v) is 4.45. The van der Waals surface area contributed by atoms with Gasteiger partial charge in [0.2, 0.25) is 0 Å². The van der Waals surface area contributed by atoms with Crippen molar-refractivity contribution in [2.75, 3.05) is 7.11 Å². The van der Waals surface area contributed by atoms with Crippen molar-refractivity contribution in [3.63, 3.8) is 0 Å². The Hall–Kier alpha value is -1.64. The van der Waals surface area contributed by atoms with Gasteiger partial charge in [-0.15, -0.1) is 0 Å². The maximum Gasteiger partial charge on any atom is 0.170 e. The third kappa shape index (κ3) is 1.41. The molecule has 1 aliphatic heterocycles. The van der Waals surface area contributed by atoms with E-state index in [1.165, 1.54) is 0 Å². The lowest BCUT2D eigenvalue weighted by molar-refractivity contribution is -0.115. The van der Waals surface area contributed by atoms with Crippen LogP contribution in [0.3, 0.4) is 0 Å². The Labute approximate surface area is 82.5 Å². The number of carbonyl (C=O) groups excluding carboxylic acids is 1. The molecular formula is C11H11NO2. The van der Waals surface area contributed by atoms with E-state index < -0.39 is 0 Å². The van der Waals surface area contributed by atoms with Crippen LogP contribution in [0.4, 0.5) is 0 Å². The summed E-state index contributed by atoms with van der Waals surface area (Å²) in [5.74, 6) is 0.621. The van der Waals surface area contributed by atoms with Crippen molar-refractivity contribution in [3.05, 3.63) is 35.8 Å². The Bertz CT molecular complexity index is 400. The zero-order valence-electron chi connectivity index (χ0n) is 8.15. The summed E-state index contributed by atoms with van der Waals surface area (Å²) in [4.78, 5) is 15.9. The Morgan fingerprint density at radius 1 is 1.43 bits per heavy atom. The summed E-state index contributed by atoms with van der Waals surface area (Å²) in [7, 11) is 1.60. The van der Waals surface area contributed by atoms with Crippen LogP contribution in [0, 0.1) is 5.92 Å². The fourth-order valence-electron chi connectivity index (χ4n) is 1.57. The lowest BCUT2D eigenvalue weighted by atomic mass is 9.91. The highest BCUT2D eigenvalue weighted by Crippen LogP contribution is 2.21. The molecule has 14 heavy (non-hydrogen) atoms. The number of fused-ring (bicyclic) bond motifs is 1. The van der Waals surface area contributed by atoms with E-state index in [0.717, 1.165) is 17.2 Å². The van der Waals surface area contributed by atoms with Crippen LogP contribution < -0.4 is 0 Å². The van der Waals surface area contributed by atoms with Gasteiger partial charge in [0.1, 0.15) is 5.76 Å². The van der Waals surface area contributed by atoms with Gasteiger partial charge in [0, 0.05) is 17.8 Å². The molecule has 1 unspecified atom stereocenters. The molecule has 1 atom stereocenters. The highest BCUT2D eigenvalue weighted by molar-refractivity contribution is 6.18. The highest BCUT2D eigenvalue weighted by atomic mass is 16.5. The van der Waals surface area contributed by atoms with Crippen LogP contribution in [0.15, 0.2) is 40.8 Å². The zero-order valence-corrected chi connectivity index (χ0v) is 8.15. The molecule has 0 aromatic rings. The molecule has 0 saturated carbocycles. The van der Waals surface area contributed by atoms with Crippen LogP contribution in [-0.4, -0.2) is 18.6 Å². The van der Waals surface area contributed by atoms with Gasteiger partial charge in [-0.05, 0) is 13.0 Å². The minimum atomic E-state index is -0.211. The minimum absolute atomic E-state index is 0.0927. The van der Waals surface area contributed by atoms with Crippen molar-refractivity contribution in [1.82, 2.24) is 0 Å². The van der Waals surface area contributed by atoms with Gasteiger partial charge in [-0.1, -0.05) is 6.08 Å². The molecule has 0 spiro atoms. The van der Waals surface area contributed by atoms with E-state index >= 15 is 0 Å². The van der Waals surface area contributed by atoms with E-state index in [4.69, 9.17) is 4.74 Å². The average Bonchev–Trinajstić information content (AvgIpc) is 2.16. The second kappa shape index (κ2) is 3.25. The average molecular weight is 189 g/mol. The second-order valence-corrected chi connectivity index (χ2v) is 3.31. The number of carbonyl (C=O) groups is 1. The number of allylic oxidation sites excluding steroid dienone is 5. The molecule has 3 heteroatoms. The minimum Gasteiger partial charge on any atom is -0.497 e. The third-order valence-corrected chi connectivity index (χ3v) is 2.26. The van der Waals surface area contributed by atoms with E-state index in [2.05, 4.69) is 4.99 Å². The van der Waals surface area contributed by atoms with Gasteiger partial charge in [-0.25, -0.2) is 0 Å². The molecule has 1 aliphatic carbocycles. The van der Waals surface area contributed by atoms with Crippen molar-refractivity contribution in [2.45, 2.75) is 6.92 Å². The topological polar surface area (TPSA) is 38.7 Å². The lowest BCUT2D eigenvalue weighted by Gasteiger charge is -2.19. The molecule has 0 saturated heterocycles.